The third-order valence-corrected chi connectivity index (χ3v) is 5.23. The van der Waals surface area contributed by atoms with Crippen LogP contribution < -0.4 is 15.6 Å². The number of para-hydroxylation sites is 2. The number of fused-ring (bicyclic) bond motifs is 1. The van der Waals surface area contributed by atoms with E-state index in [1.54, 1.807) is 13.2 Å². The number of benzene rings is 2. The zero-order valence-corrected chi connectivity index (χ0v) is 18.2. The van der Waals surface area contributed by atoms with Gasteiger partial charge in [0.15, 0.2) is 0 Å². The number of amides is 1. The number of hydrogen-bond donors (Lipinski definition) is 2. The largest absolute Gasteiger partial charge is 0.497 e. The molecule has 164 valence electrons. The summed E-state index contributed by atoms with van der Waals surface area (Å²) in [6, 6.07) is 17.8. The maximum atomic E-state index is 12.8. The van der Waals surface area contributed by atoms with Crippen LogP contribution in [0, 0.1) is 5.92 Å². The van der Waals surface area contributed by atoms with Gasteiger partial charge in [-0.1, -0.05) is 26.0 Å². The smallest absolute Gasteiger partial charge is 0.267 e. The molecule has 0 aliphatic heterocycles. The van der Waals surface area contributed by atoms with Gasteiger partial charge in [0.1, 0.15) is 18.1 Å². The quantitative estimate of drug-likeness (QED) is 0.467. The van der Waals surface area contributed by atoms with Crippen LogP contribution in [0.4, 0.5) is 0 Å². The third kappa shape index (κ3) is 4.54. The van der Waals surface area contributed by atoms with Crippen LogP contribution in [-0.4, -0.2) is 32.8 Å². The summed E-state index contributed by atoms with van der Waals surface area (Å²) in [5.74, 6) is 1.19. The Morgan fingerprint density at radius 3 is 2.53 bits per heavy atom. The molecule has 8 nitrogen and oxygen atoms in total. The Morgan fingerprint density at radius 2 is 1.84 bits per heavy atom. The monoisotopic (exact) mass is 431 g/mol. The zero-order valence-electron chi connectivity index (χ0n) is 18.2. The molecule has 0 spiro atoms. The van der Waals surface area contributed by atoms with E-state index in [0.717, 1.165) is 22.3 Å². The second-order valence-electron chi connectivity index (χ2n) is 7.87. The van der Waals surface area contributed by atoms with Crippen molar-refractivity contribution in [1.29, 1.82) is 0 Å². The van der Waals surface area contributed by atoms with E-state index in [9.17, 15) is 9.59 Å². The second kappa shape index (κ2) is 9.05. The molecule has 0 bridgehead atoms. The van der Waals surface area contributed by atoms with Crippen molar-refractivity contribution < 1.29 is 9.53 Å². The number of aromatic amines is 1. The highest BCUT2D eigenvalue weighted by atomic mass is 16.5. The molecule has 2 aromatic heterocycles. The van der Waals surface area contributed by atoms with E-state index in [0.29, 0.717) is 11.5 Å². The molecule has 1 unspecified atom stereocenters. The molecule has 1 amide bonds. The molecule has 1 atom stereocenters. The number of imidazole rings is 1. The summed E-state index contributed by atoms with van der Waals surface area (Å²) in [4.78, 5) is 33.1. The molecule has 0 radical (unpaired) electrons. The SMILES string of the molecule is COc1ccc(-c2ccc(=O)n(CC(=O)NC(c3nc4ccccc4[nH]3)C(C)C)n2)cc1. The van der Waals surface area contributed by atoms with Gasteiger partial charge >= 0.3 is 0 Å². The molecule has 4 rings (SSSR count). The lowest BCUT2D eigenvalue weighted by atomic mass is 10.0. The lowest BCUT2D eigenvalue weighted by molar-refractivity contribution is -0.123. The number of rotatable bonds is 7. The Hall–Kier alpha value is -3.94. The molecule has 0 saturated carbocycles. The minimum absolute atomic E-state index is 0.0924. The van der Waals surface area contributed by atoms with E-state index in [-0.39, 0.29) is 30.0 Å². The first kappa shape index (κ1) is 21.3. The van der Waals surface area contributed by atoms with Crippen molar-refractivity contribution >= 4 is 16.9 Å². The summed E-state index contributed by atoms with van der Waals surface area (Å²) in [6.45, 7) is 3.83. The van der Waals surface area contributed by atoms with Crippen molar-refractivity contribution in [2.45, 2.75) is 26.4 Å². The van der Waals surface area contributed by atoms with Gasteiger partial charge in [-0.2, -0.15) is 5.10 Å². The maximum absolute atomic E-state index is 12.8. The Morgan fingerprint density at radius 1 is 1.09 bits per heavy atom. The lowest BCUT2D eigenvalue weighted by Crippen LogP contribution is -2.37. The summed E-state index contributed by atoms with van der Waals surface area (Å²) in [5.41, 5.74) is 2.82. The van der Waals surface area contributed by atoms with Gasteiger partial charge in [0.2, 0.25) is 5.91 Å². The van der Waals surface area contributed by atoms with E-state index in [4.69, 9.17) is 4.74 Å². The first-order chi connectivity index (χ1) is 15.4. The Bertz CT molecular complexity index is 1260. The van der Waals surface area contributed by atoms with Gasteiger partial charge in [-0.3, -0.25) is 9.59 Å². The van der Waals surface area contributed by atoms with Gasteiger partial charge < -0.3 is 15.0 Å². The van der Waals surface area contributed by atoms with Gasteiger partial charge in [-0.25, -0.2) is 9.67 Å². The number of aromatic nitrogens is 4. The van der Waals surface area contributed by atoms with E-state index in [2.05, 4.69) is 20.4 Å². The molecule has 2 heterocycles. The highest BCUT2D eigenvalue weighted by molar-refractivity contribution is 5.77. The van der Waals surface area contributed by atoms with Crippen LogP contribution in [0.5, 0.6) is 5.75 Å². The molecular formula is C24H25N5O3. The van der Waals surface area contributed by atoms with Gasteiger partial charge in [-0.05, 0) is 48.4 Å². The predicted octanol–water partition coefficient (Wildman–Crippen LogP) is 3.31. The summed E-state index contributed by atoms with van der Waals surface area (Å²) in [6.07, 6.45) is 0. The number of carbonyl (C=O) groups excluding carboxylic acids is 1. The number of hydrogen-bond acceptors (Lipinski definition) is 5. The first-order valence-electron chi connectivity index (χ1n) is 10.4. The molecule has 0 aliphatic rings. The van der Waals surface area contributed by atoms with Gasteiger partial charge in [0.05, 0.1) is 29.9 Å². The molecule has 4 aromatic rings. The van der Waals surface area contributed by atoms with Crippen LogP contribution in [-0.2, 0) is 11.3 Å². The first-order valence-corrected chi connectivity index (χ1v) is 10.4. The van der Waals surface area contributed by atoms with Crippen LogP contribution in [0.1, 0.15) is 25.7 Å². The highest BCUT2D eigenvalue weighted by Crippen LogP contribution is 2.22. The van der Waals surface area contributed by atoms with Gasteiger partial charge in [0, 0.05) is 11.6 Å². The molecule has 0 fully saturated rings. The van der Waals surface area contributed by atoms with Crippen LogP contribution in [0.3, 0.4) is 0 Å². The summed E-state index contributed by atoms with van der Waals surface area (Å²) < 4.78 is 6.35. The predicted molar refractivity (Wildman–Crippen MR) is 122 cm³/mol. The molecule has 8 heteroatoms. The van der Waals surface area contributed by atoms with Crippen molar-refractivity contribution in [3.63, 3.8) is 0 Å². The fraction of sp³-hybridized carbons (Fsp3) is 0.250. The third-order valence-electron chi connectivity index (χ3n) is 5.23. The van der Waals surface area contributed by atoms with Crippen molar-refractivity contribution in [2.75, 3.05) is 7.11 Å². The van der Waals surface area contributed by atoms with E-state index >= 15 is 0 Å². The summed E-state index contributed by atoms with van der Waals surface area (Å²) in [7, 11) is 1.60. The number of nitrogens with zero attached hydrogens (tertiary/aromatic N) is 3. The molecule has 0 saturated heterocycles. The standard InChI is InChI=1S/C24H25N5O3/c1-15(2)23(24-25-19-6-4-5-7-20(19)26-24)27-21(30)14-29-22(31)13-12-18(28-29)16-8-10-17(32-3)11-9-16/h4-13,15,23H,14H2,1-3H3,(H,25,26)(H,27,30). The Kier molecular flexibility index (Phi) is 6.02. The molecule has 32 heavy (non-hydrogen) atoms. The zero-order chi connectivity index (χ0) is 22.7. The maximum Gasteiger partial charge on any atom is 0.267 e. The van der Waals surface area contributed by atoms with Crippen LogP contribution in [0.25, 0.3) is 22.3 Å². The van der Waals surface area contributed by atoms with Crippen molar-refractivity contribution in [3.8, 4) is 17.0 Å². The fourth-order valence-corrected chi connectivity index (χ4v) is 3.50. The summed E-state index contributed by atoms with van der Waals surface area (Å²) >= 11 is 0. The topological polar surface area (TPSA) is 102 Å². The van der Waals surface area contributed by atoms with Crippen molar-refractivity contribution in [1.82, 2.24) is 25.1 Å². The number of H-pyrrole nitrogens is 1. The number of carbonyl (C=O) groups is 1. The van der Waals surface area contributed by atoms with E-state index < -0.39 is 0 Å². The van der Waals surface area contributed by atoms with Crippen LogP contribution in [0.2, 0.25) is 0 Å². The van der Waals surface area contributed by atoms with Gasteiger partial charge in [-0.15, -0.1) is 0 Å². The van der Waals surface area contributed by atoms with E-state index in [1.807, 2.05) is 62.4 Å². The number of methoxy groups -OCH3 is 1. The van der Waals surface area contributed by atoms with Crippen LogP contribution >= 0.6 is 0 Å². The lowest BCUT2D eigenvalue weighted by Gasteiger charge is -2.20. The average Bonchev–Trinajstić information content (AvgIpc) is 3.22. The fourth-order valence-electron chi connectivity index (χ4n) is 3.50. The number of ether oxygens (including phenoxy) is 1. The average molecular weight is 431 g/mol. The van der Waals surface area contributed by atoms with Crippen molar-refractivity contribution in [2.24, 2.45) is 5.92 Å². The molecular weight excluding hydrogens is 406 g/mol. The number of nitrogens with one attached hydrogen (secondary N) is 2. The minimum Gasteiger partial charge on any atom is -0.497 e. The Balaban J connectivity index is 1.53. The molecule has 2 N–H and O–H groups in total. The second-order valence-corrected chi connectivity index (χ2v) is 7.87. The minimum atomic E-state index is -0.345. The van der Waals surface area contributed by atoms with E-state index in [1.165, 1.54) is 10.7 Å². The molecule has 2 aromatic carbocycles. The normalized spacial score (nSPS) is 12.1. The highest BCUT2D eigenvalue weighted by Gasteiger charge is 2.22. The molecule has 0 aliphatic carbocycles. The summed E-state index contributed by atoms with van der Waals surface area (Å²) in [5, 5.41) is 7.37. The Labute approximate surface area is 185 Å². The van der Waals surface area contributed by atoms with Crippen molar-refractivity contribution in [3.05, 3.63) is 76.8 Å². The van der Waals surface area contributed by atoms with Crippen LogP contribution in [0.15, 0.2) is 65.5 Å². The van der Waals surface area contributed by atoms with Gasteiger partial charge in [0.25, 0.3) is 5.56 Å².